The smallest absolute Gasteiger partial charge is 0.151 e. The third-order valence-corrected chi connectivity index (χ3v) is 3.59. The topological polar surface area (TPSA) is 56.7 Å². The summed E-state index contributed by atoms with van der Waals surface area (Å²) < 4.78 is 2.30. The number of nitrogens with two attached hydrogens (primary N) is 1. The highest BCUT2D eigenvalue weighted by molar-refractivity contribution is 5.89. The van der Waals surface area contributed by atoms with Gasteiger partial charge in [0.15, 0.2) is 5.82 Å². The van der Waals surface area contributed by atoms with Gasteiger partial charge in [-0.1, -0.05) is 0 Å². The van der Waals surface area contributed by atoms with E-state index in [4.69, 9.17) is 5.73 Å². The van der Waals surface area contributed by atoms with E-state index in [1.165, 1.54) is 11.1 Å². The quantitative estimate of drug-likeness (QED) is 0.734. The molecule has 0 amide bonds. The third-order valence-electron chi connectivity index (χ3n) is 3.59. The molecule has 2 N–H and O–H groups in total. The van der Waals surface area contributed by atoms with Crippen molar-refractivity contribution in [3.63, 3.8) is 0 Å². The zero-order chi connectivity index (χ0) is 11.4. The number of aryl methyl sites for hydroxylation is 3. The second kappa shape index (κ2) is 2.97. The molecule has 0 fully saturated rings. The number of hydrogen-bond donors (Lipinski definition) is 1. The van der Waals surface area contributed by atoms with Crippen molar-refractivity contribution in [1.82, 2.24) is 14.5 Å². The lowest BCUT2D eigenvalue weighted by Crippen LogP contribution is -2.15. The van der Waals surface area contributed by atoms with Gasteiger partial charge in [-0.3, -0.25) is 0 Å². The Labute approximate surface area is 94.5 Å². The first-order valence-corrected chi connectivity index (χ1v) is 5.73. The van der Waals surface area contributed by atoms with Gasteiger partial charge in [0.25, 0.3) is 0 Å². The lowest BCUT2D eigenvalue weighted by Gasteiger charge is -2.24. The Hall–Kier alpha value is -1.58. The minimum absolute atomic E-state index is 0.513. The van der Waals surface area contributed by atoms with Gasteiger partial charge in [-0.15, -0.1) is 0 Å². The van der Waals surface area contributed by atoms with Crippen molar-refractivity contribution in [3.8, 4) is 0 Å². The summed E-state index contributed by atoms with van der Waals surface area (Å²) in [6, 6.07) is 0.513. The molecule has 0 saturated heterocycles. The van der Waals surface area contributed by atoms with Crippen molar-refractivity contribution in [2.45, 2.75) is 39.7 Å². The minimum Gasteiger partial charge on any atom is -0.382 e. The van der Waals surface area contributed by atoms with Gasteiger partial charge in [-0.05, 0) is 39.2 Å². The Morgan fingerprint density at radius 2 is 2.06 bits per heavy atom. The number of anilines is 1. The van der Waals surface area contributed by atoms with Gasteiger partial charge in [-0.2, -0.15) is 0 Å². The summed E-state index contributed by atoms with van der Waals surface area (Å²) in [7, 11) is 0. The molecule has 84 valence electrons. The van der Waals surface area contributed by atoms with Crippen LogP contribution in [-0.4, -0.2) is 14.5 Å². The van der Waals surface area contributed by atoms with E-state index in [9.17, 15) is 0 Å². The van der Waals surface area contributed by atoms with E-state index in [-0.39, 0.29) is 0 Å². The Morgan fingerprint density at radius 3 is 2.81 bits per heavy atom. The molecule has 0 spiro atoms. The van der Waals surface area contributed by atoms with Crippen LogP contribution in [0.1, 0.15) is 36.5 Å². The van der Waals surface area contributed by atoms with Crippen LogP contribution in [-0.2, 0) is 6.42 Å². The first-order chi connectivity index (χ1) is 7.59. The second-order valence-corrected chi connectivity index (χ2v) is 4.67. The Bertz CT molecular complexity index is 582. The molecule has 3 heterocycles. The molecule has 0 bridgehead atoms. The average molecular weight is 216 g/mol. The van der Waals surface area contributed by atoms with Crippen molar-refractivity contribution in [2.24, 2.45) is 0 Å². The highest BCUT2D eigenvalue weighted by Gasteiger charge is 2.24. The largest absolute Gasteiger partial charge is 0.382 e. The van der Waals surface area contributed by atoms with Crippen LogP contribution in [0.25, 0.3) is 11.0 Å². The van der Waals surface area contributed by atoms with E-state index >= 15 is 0 Å². The van der Waals surface area contributed by atoms with Crippen LogP contribution in [0.2, 0.25) is 0 Å². The van der Waals surface area contributed by atoms with Crippen LogP contribution in [0, 0.1) is 13.8 Å². The molecule has 1 aliphatic heterocycles. The predicted octanol–water partition coefficient (Wildman–Crippen LogP) is 2.14. The van der Waals surface area contributed by atoms with Crippen LogP contribution >= 0.6 is 0 Å². The van der Waals surface area contributed by atoms with Gasteiger partial charge in [0.1, 0.15) is 11.3 Å². The summed E-state index contributed by atoms with van der Waals surface area (Å²) in [4.78, 5) is 8.94. The van der Waals surface area contributed by atoms with E-state index in [2.05, 4.69) is 21.5 Å². The molecular formula is C12H16N4. The minimum atomic E-state index is 0.513. The summed E-state index contributed by atoms with van der Waals surface area (Å²) in [5.74, 6) is 1.61. The molecule has 0 radical (unpaired) electrons. The van der Waals surface area contributed by atoms with Crippen molar-refractivity contribution in [2.75, 3.05) is 5.73 Å². The fourth-order valence-corrected chi connectivity index (χ4v) is 2.80. The van der Waals surface area contributed by atoms with Gasteiger partial charge in [-0.25, -0.2) is 9.97 Å². The number of nitrogen functional groups attached to an aromatic ring is 1. The lowest BCUT2D eigenvalue weighted by molar-refractivity contribution is 0.489. The maximum Gasteiger partial charge on any atom is 0.151 e. The number of rotatable bonds is 0. The summed E-state index contributed by atoms with van der Waals surface area (Å²) in [5, 5.41) is 0. The van der Waals surface area contributed by atoms with E-state index in [1.54, 1.807) is 0 Å². The molecule has 0 aromatic carbocycles. The highest BCUT2D eigenvalue weighted by Crippen LogP contribution is 2.35. The van der Waals surface area contributed by atoms with Gasteiger partial charge in [0.05, 0.1) is 5.52 Å². The monoisotopic (exact) mass is 216 g/mol. The normalized spacial score (nSPS) is 19.3. The standard InChI is InChI=1S/C12H16N4/c1-6-4-5-9-7(2)14-12(13)10-11(9)16(6)8(3)15-10/h6H,4-5H2,1-3H3,(H2,13,14). The Balaban J connectivity index is 2.52. The fourth-order valence-electron chi connectivity index (χ4n) is 2.80. The number of aromatic nitrogens is 3. The van der Waals surface area contributed by atoms with E-state index < -0.39 is 0 Å². The zero-order valence-electron chi connectivity index (χ0n) is 9.91. The molecular weight excluding hydrogens is 200 g/mol. The summed E-state index contributed by atoms with van der Waals surface area (Å²) >= 11 is 0. The first kappa shape index (κ1) is 9.63. The maximum atomic E-state index is 5.95. The second-order valence-electron chi connectivity index (χ2n) is 4.67. The summed E-state index contributed by atoms with van der Waals surface area (Å²) in [6.07, 6.45) is 2.24. The fraction of sp³-hybridized carbons (Fsp3) is 0.500. The number of pyridine rings is 1. The summed E-state index contributed by atoms with van der Waals surface area (Å²) in [6.45, 7) is 6.32. The van der Waals surface area contributed by atoms with Crippen molar-refractivity contribution >= 4 is 16.9 Å². The molecule has 2 aromatic heterocycles. The number of imidazole rings is 1. The van der Waals surface area contributed by atoms with Crippen molar-refractivity contribution < 1.29 is 0 Å². The summed E-state index contributed by atoms with van der Waals surface area (Å²) in [5.41, 5.74) is 10.4. The molecule has 1 unspecified atom stereocenters. The first-order valence-electron chi connectivity index (χ1n) is 5.73. The van der Waals surface area contributed by atoms with Crippen LogP contribution in [0.3, 0.4) is 0 Å². The van der Waals surface area contributed by atoms with Crippen LogP contribution < -0.4 is 5.73 Å². The molecule has 4 heteroatoms. The van der Waals surface area contributed by atoms with Crippen LogP contribution in [0.15, 0.2) is 0 Å². The van der Waals surface area contributed by atoms with Gasteiger partial charge < -0.3 is 10.3 Å². The van der Waals surface area contributed by atoms with E-state index in [0.29, 0.717) is 11.9 Å². The predicted molar refractivity (Wildman–Crippen MR) is 64.4 cm³/mol. The molecule has 1 aliphatic rings. The molecule has 2 aromatic rings. The van der Waals surface area contributed by atoms with E-state index in [0.717, 1.165) is 29.9 Å². The SMILES string of the molecule is Cc1nc(N)c2nc(C)n3c2c1CCC3C. The molecule has 1 atom stereocenters. The molecule has 3 rings (SSSR count). The lowest BCUT2D eigenvalue weighted by atomic mass is 9.99. The van der Waals surface area contributed by atoms with Gasteiger partial charge >= 0.3 is 0 Å². The number of hydrogen-bond acceptors (Lipinski definition) is 3. The number of nitrogens with zero attached hydrogens (tertiary/aromatic N) is 3. The zero-order valence-corrected chi connectivity index (χ0v) is 9.91. The van der Waals surface area contributed by atoms with Crippen LogP contribution in [0.4, 0.5) is 5.82 Å². The molecule has 16 heavy (non-hydrogen) atoms. The van der Waals surface area contributed by atoms with Crippen molar-refractivity contribution in [3.05, 3.63) is 17.1 Å². The third kappa shape index (κ3) is 1.04. The maximum absolute atomic E-state index is 5.95. The average Bonchev–Trinajstić information content (AvgIpc) is 2.56. The van der Waals surface area contributed by atoms with E-state index in [1.807, 2.05) is 13.8 Å². The van der Waals surface area contributed by atoms with Gasteiger partial charge in [0.2, 0.25) is 0 Å². The Morgan fingerprint density at radius 1 is 1.31 bits per heavy atom. The van der Waals surface area contributed by atoms with Crippen molar-refractivity contribution in [1.29, 1.82) is 0 Å². The van der Waals surface area contributed by atoms with Crippen LogP contribution in [0.5, 0.6) is 0 Å². The molecule has 4 nitrogen and oxygen atoms in total. The highest BCUT2D eigenvalue weighted by atomic mass is 15.1. The molecule has 0 aliphatic carbocycles. The Kier molecular flexibility index (Phi) is 1.79. The molecule has 0 saturated carbocycles. The van der Waals surface area contributed by atoms with Gasteiger partial charge in [0, 0.05) is 11.7 Å².